The van der Waals surface area contributed by atoms with Crippen LogP contribution in [0.25, 0.3) is 0 Å². The van der Waals surface area contributed by atoms with E-state index in [1.807, 2.05) is 51.1 Å². The van der Waals surface area contributed by atoms with Crippen molar-refractivity contribution in [2.24, 2.45) is 5.92 Å². The second-order valence-corrected chi connectivity index (χ2v) is 17.9. The van der Waals surface area contributed by atoms with Crippen LogP contribution in [0.4, 0.5) is 9.59 Å². The summed E-state index contributed by atoms with van der Waals surface area (Å²) in [5.41, 5.74) is 0.327. The number of nitrogens with zero attached hydrogens (tertiary/aromatic N) is 2. The van der Waals surface area contributed by atoms with E-state index in [1.165, 1.54) is 9.80 Å². The van der Waals surface area contributed by atoms with Crippen LogP contribution in [-0.2, 0) is 15.8 Å². The van der Waals surface area contributed by atoms with Crippen molar-refractivity contribution in [2.45, 2.75) is 116 Å². The SMILES string of the molecule is CN(C[C@H](CC1CCC(O[Si](C)(C)C(C)(C)C)CC1)N(C(=O)O)C(C)(C)C)C(=O)OCc1ccccc1. The number of benzene rings is 1. The lowest BCUT2D eigenvalue weighted by Gasteiger charge is -2.44. The lowest BCUT2D eigenvalue weighted by atomic mass is 9.82. The summed E-state index contributed by atoms with van der Waals surface area (Å²) < 4.78 is 12.2. The first-order valence-electron chi connectivity index (χ1n) is 13.6. The largest absolute Gasteiger partial charge is 0.465 e. The predicted octanol–water partition coefficient (Wildman–Crippen LogP) is 7.37. The smallest absolute Gasteiger partial charge is 0.409 e. The van der Waals surface area contributed by atoms with Gasteiger partial charge in [-0.15, -0.1) is 0 Å². The van der Waals surface area contributed by atoms with Crippen molar-refractivity contribution in [3.05, 3.63) is 35.9 Å². The van der Waals surface area contributed by atoms with Crippen molar-refractivity contribution in [2.75, 3.05) is 13.6 Å². The highest BCUT2D eigenvalue weighted by Gasteiger charge is 2.41. The molecule has 0 radical (unpaired) electrons. The number of likely N-dealkylation sites (N-methyl/N-ethyl adjacent to an activating group) is 1. The minimum atomic E-state index is -1.81. The van der Waals surface area contributed by atoms with E-state index in [1.54, 1.807) is 7.05 Å². The van der Waals surface area contributed by atoms with Gasteiger partial charge in [-0.25, -0.2) is 9.59 Å². The monoisotopic (exact) mass is 534 g/mol. The summed E-state index contributed by atoms with van der Waals surface area (Å²) in [5.74, 6) is 0.391. The van der Waals surface area contributed by atoms with Crippen LogP contribution >= 0.6 is 0 Å². The van der Waals surface area contributed by atoms with E-state index in [0.717, 1.165) is 31.2 Å². The van der Waals surface area contributed by atoms with Gasteiger partial charge in [0.15, 0.2) is 8.32 Å². The fraction of sp³-hybridized carbons (Fsp3) is 0.724. The Labute approximate surface area is 225 Å². The van der Waals surface area contributed by atoms with Gasteiger partial charge in [0.05, 0.1) is 6.04 Å². The molecular weight excluding hydrogens is 484 g/mol. The van der Waals surface area contributed by atoms with Crippen LogP contribution in [0.5, 0.6) is 0 Å². The molecule has 1 aromatic carbocycles. The fourth-order valence-electron chi connectivity index (χ4n) is 4.94. The minimum absolute atomic E-state index is 0.184. The van der Waals surface area contributed by atoms with Crippen molar-refractivity contribution < 1.29 is 23.9 Å². The molecule has 1 N–H and O–H groups in total. The third kappa shape index (κ3) is 9.32. The van der Waals surface area contributed by atoms with Gasteiger partial charge in [-0.1, -0.05) is 51.1 Å². The Kier molecular flexibility index (Phi) is 10.7. The summed E-state index contributed by atoms with van der Waals surface area (Å²) in [4.78, 5) is 28.2. The summed E-state index contributed by atoms with van der Waals surface area (Å²) in [5, 5.41) is 10.3. The van der Waals surface area contributed by atoms with E-state index in [4.69, 9.17) is 9.16 Å². The molecule has 1 saturated carbocycles. The van der Waals surface area contributed by atoms with Gasteiger partial charge >= 0.3 is 12.2 Å². The zero-order chi connectivity index (χ0) is 28.0. The molecule has 1 aromatic rings. The first kappa shape index (κ1) is 31.2. The molecule has 0 bridgehead atoms. The number of amides is 2. The van der Waals surface area contributed by atoms with Crippen LogP contribution in [0, 0.1) is 5.92 Å². The van der Waals surface area contributed by atoms with E-state index in [-0.39, 0.29) is 30.3 Å². The van der Waals surface area contributed by atoms with Crippen LogP contribution in [0.1, 0.15) is 79.2 Å². The van der Waals surface area contributed by atoms with Crippen LogP contribution < -0.4 is 0 Å². The van der Waals surface area contributed by atoms with Gasteiger partial charge in [0, 0.05) is 25.2 Å². The maximum Gasteiger partial charge on any atom is 0.409 e. The van der Waals surface area contributed by atoms with Crippen LogP contribution in [0.15, 0.2) is 30.3 Å². The van der Waals surface area contributed by atoms with Gasteiger partial charge in [0.2, 0.25) is 0 Å². The van der Waals surface area contributed by atoms with E-state index < -0.39 is 26.0 Å². The third-order valence-electron chi connectivity index (χ3n) is 7.96. The second-order valence-electron chi connectivity index (χ2n) is 13.2. The van der Waals surface area contributed by atoms with E-state index in [9.17, 15) is 14.7 Å². The Morgan fingerprint density at radius 3 is 2.08 bits per heavy atom. The normalized spacial score (nSPS) is 19.7. The van der Waals surface area contributed by atoms with Crippen LogP contribution in [-0.4, -0.2) is 66.7 Å². The van der Waals surface area contributed by atoms with Crippen molar-refractivity contribution >= 4 is 20.5 Å². The van der Waals surface area contributed by atoms with Gasteiger partial charge in [0.25, 0.3) is 0 Å². The minimum Gasteiger partial charge on any atom is -0.465 e. The molecule has 0 heterocycles. The number of rotatable bonds is 9. The molecule has 2 amide bonds. The molecule has 1 aliphatic rings. The lowest BCUT2D eigenvalue weighted by molar-refractivity contribution is 0.0352. The molecule has 37 heavy (non-hydrogen) atoms. The van der Waals surface area contributed by atoms with Gasteiger partial charge in [0.1, 0.15) is 6.61 Å². The standard InChI is InChI=1S/C29H50N2O5Si/c1-28(2,3)31(26(32)33)24(20-30(7)27(34)35-21-23-13-11-10-12-14-23)19-22-15-17-25(18-16-22)36-37(8,9)29(4,5)6/h10-14,22,24-25H,15-21H2,1-9H3,(H,32,33)/t22?,24-,25?/m0/s1. The molecule has 210 valence electrons. The maximum atomic E-state index is 12.8. The summed E-state index contributed by atoms with van der Waals surface area (Å²) in [6, 6.07) is 9.23. The molecule has 0 saturated heterocycles. The number of ether oxygens (including phenoxy) is 1. The van der Waals surface area contributed by atoms with Gasteiger partial charge in [-0.05, 0) is 82.5 Å². The first-order chi connectivity index (χ1) is 17.0. The first-order valence-corrected chi connectivity index (χ1v) is 16.5. The van der Waals surface area contributed by atoms with Crippen molar-refractivity contribution in [3.8, 4) is 0 Å². The Hall–Kier alpha value is -2.06. The van der Waals surface area contributed by atoms with Crippen LogP contribution in [0.2, 0.25) is 18.1 Å². The number of carbonyl (C=O) groups excluding carboxylic acids is 1. The summed E-state index contributed by atoms with van der Waals surface area (Å²) in [6.07, 6.45) is 3.61. The molecular formula is C29H50N2O5Si. The highest BCUT2D eigenvalue weighted by molar-refractivity contribution is 6.74. The molecule has 0 spiro atoms. The zero-order valence-electron chi connectivity index (χ0n) is 24.5. The topological polar surface area (TPSA) is 79.3 Å². The van der Waals surface area contributed by atoms with E-state index in [2.05, 4.69) is 33.9 Å². The van der Waals surface area contributed by atoms with Crippen molar-refractivity contribution in [1.82, 2.24) is 9.80 Å². The van der Waals surface area contributed by atoms with Crippen molar-refractivity contribution in [1.29, 1.82) is 0 Å². The van der Waals surface area contributed by atoms with Gasteiger partial charge in [-0.3, -0.25) is 4.90 Å². The summed E-state index contributed by atoms with van der Waals surface area (Å²) in [6.45, 7) is 17.6. The van der Waals surface area contributed by atoms with Crippen molar-refractivity contribution in [3.63, 3.8) is 0 Å². The number of carboxylic acid groups (broad SMARTS) is 1. The lowest BCUT2D eigenvalue weighted by Crippen LogP contribution is -2.55. The Balaban J connectivity index is 2.05. The number of hydrogen-bond donors (Lipinski definition) is 1. The molecule has 0 aromatic heterocycles. The third-order valence-corrected chi connectivity index (χ3v) is 12.5. The average molecular weight is 535 g/mol. The van der Waals surface area contributed by atoms with Crippen LogP contribution in [0.3, 0.4) is 0 Å². The molecule has 1 aliphatic carbocycles. The summed E-state index contributed by atoms with van der Waals surface area (Å²) in [7, 11) is -0.127. The highest BCUT2D eigenvalue weighted by atomic mass is 28.4. The van der Waals surface area contributed by atoms with E-state index >= 15 is 0 Å². The molecule has 0 unspecified atom stereocenters. The Morgan fingerprint density at radius 2 is 1.59 bits per heavy atom. The molecule has 7 nitrogen and oxygen atoms in total. The molecule has 1 atom stereocenters. The Morgan fingerprint density at radius 1 is 1.03 bits per heavy atom. The quantitative estimate of drug-likeness (QED) is 0.335. The van der Waals surface area contributed by atoms with E-state index in [0.29, 0.717) is 12.3 Å². The molecule has 8 heteroatoms. The Bertz CT molecular complexity index is 871. The molecule has 1 fully saturated rings. The molecule has 2 rings (SSSR count). The van der Waals surface area contributed by atoms with Gasteiger partial charge < -0.3 is 19.2 Å². The second kappa shape index (κ2) is 12.7. The fourth-order valence-corrected chi connectivity index (χ4v) is 6.36. The maximum absolute atomic E-state index is 12.8. The molecule has 0 aliphatic heterocycles. The summed E-state index contributed by atoms with van der Waals surface area (Å²) >= 11 is 0. The number of carbonyl (C=O) groups is 2. The number of hydrogen-bond acceptors (Lipinski definition) is 4. The van der Waals surface area contributed by atoms with Gasteiger partial charge in [-0.2, -0.15) is 0 Å². The predicted molar refractivity (Wildman–Crippen MR) is 151 cm³/mol. The average Bonchev–Trinajstić information content (AvgIpc) is 2.77. The zero-order valence-corrected chi connectivity index (χ0v) is 25.5. The highest BCUT2D eigenvalue weighted by Crippen LogP contribution is 2.40.